The van der Waals surface area contributed by atoms with E-state index in [4.69, 9.17) is 0 Å². The molecule has 4 aromatic carbocycles. The van der Waals surface area contributed by atoms with Gasteiger partial charge in [0.15, 0.2) is 0 Å². The summed E-state index contributed by atoms with van der Waals surface area (Å²) < 4.78 is 2.74. The second-order valence-corrected chi connectivity index (χ2v) is 16.0. The van der Waals surface area contributed by atoms with Crippen LogP contribution in [0.25, 0.3) is 36.9 Å². The first-order valence-electron chi connectivity index (χ1n) is 19.1. The van der Waals surface area contributed by atoms with E-state index >= 15 is 0 Å². The van der Waals surface area contributed by atoms with Gasteiger partial charge in [0.25, 0.3) is 0 Å². The number of benzene rings is 4. The Morgan fingerprint density at radius 1 is 0.880 bits per heavy atom. The molecule has 1 heteroatoms. The van der Waals surface area contributed by atoms with E-state index in [1.165, 1.54) is 102 Å². The summed E-state index contributed by atoms with van der Waals surface area (Å²) in [7, 11) is 0. The minimum atomic E-state index is 0.180. The van der Waals surface area contributed by atoms with Crippen molar-refractivity contribution >= 4 is 37.1 Å². The average molecular weight is 671 g/mol. The summed E-state index contributed by atoms with van der Waals surface area (Å²) in [5.41, 5.74) is 16.3. The van der Waals surface area contributed by atoms with E-state index in [0.717, 1.165) is 31.6 Å². The monoisotopic (exact) mass is 670 g/mol. The molecule has 3 atom stereocenters. The lowest BCUT2D eigenvalue weighted by atomic mass is 9.76. The molecule has 1 saturated carbocycles. The highest BCUT2D eigenvalue weighted by molar-refractivity contribution is 7.25. The lowest BCUT2D eigenvalue weighted by Crippen LogP contribution is -2.10. The Morgan fingerprint density at radius 2 is 1.68 bits per heavy atom. The summed E-state index contributed by atoms with van der Waals surface area (Å²) in [4.78, 5) is 0. The lowest BCUT2D eigenvalue weighted by molar-refractivity contribution is 0.433. The molecule has 252 valence electrons. The molecule has 3 unspecified atom stereocenters. The molecule has 0 saturated heterocycles. The second kappa shape index (κ2) is 14.2. The van der Waals surface area contributed by atoms with Crippen LogP contribution in [0.5, 0.6) is 0 Å². The van der Waals surface area contributed by atoms with Crippen molar-refractivity contribution in [2.75, 3.05) is 0 Å². The first kappa shape index (κ1) is 33.0. The number of hydrogen-bond donors (Lipinski definition) is 0. The second-order valence-electron chi connectivity index (χ2n) is 15.0. The largest absolute Gasteiger partial charge is 0.135 e. The third-order valence-electron chi connectivity index (χ3n) is 12.0. The Kier molecular flexibility index (Phi) is 9.36. The minimum Gasteiger partial charge on any atom is -0.135 e. The quantitative estimate of drug-likeness (QED) is 0.114. The molecule has 8 rings (SSSR count). The van der Waals surface area contributed by atoms with Crippen LogP contribution in [0, 0.1) is 12.8 Å². The van der Waals surface area contributed by atoms with Crippen molar-refractivity contribution < 1.29 is 0 Å². The predicted octanol–water partition coefficient (Wildman–Crippen LogP) is 14.6. The molecule has 1 heterocycles. The maximum atomic E-state index is 4.04. The summed E-state index contributed by atoms with van der Waals surface area (Å²) in [6, 6.07) is 30.2. The van der Waals surface area contributed by atoms with Gasteiger partial charge in [-0.05, 0) is 113 Å². The molecular weight excluding hydrogens is 621 g/mol. The highest BCUT2D eigenvalue weighted by atomic mass is 32.1. The molecule has 0 nitrogen and oxygen atoms in total. The molecule has 0 amide bonds. The first-order chi connectivity index (χ1) is 24.6. The van der Waals surface area contributed by atoms with Crippen LogP contribution in [-0.2, 0) is 6.42 Å². The third kappa shape index (κ3) is 5.88. The summed E-state index contributed by atoms with van der Waals surface area (Å²) in [6.07, 6.45) is 22.5. The van der Waals surface area contributed by atoms with Gasteiger partial charge < -0.3 is 0 Å². The Labute approximate surface area is 303 Å². The standard InChI is InChI=1S/C49H50S/c1-5-7-18-34(16-6-2)47(43-25-15-27-46-49(43)42-21-11-12-26-45(42)50-46)37-29-28-35-30-36-19-13-24-41(48(36)44(35)31-37)40-23-14-22-39(33(40)4)38-20-10-8-9-17-32(38)3/h5,7,11-16,18-19,21-27,31-32,38,47H,1,6,8-10,17,20,28-30H2,2-4H3/b18-7-,34-16+. The Morgan fingerprint density at radius 3 is 2.56 bits per heavy atom. The van der Waals surface area contributed by atoms with Gasteiger partial charge in [-0.2, -0.15) is 0 Å². The van der Waals surface area contributed by atoms with Crippen molar-refractivity contribution in [2.45, 2.75) is 90.4 Å². The van der Waals surface area contributed by atoms with E-state index in [9.17, 15) is 0 Å². The van der Waals surface area contributed by atoms with Gasteiger partial charge in [0.05, 0.1) is 0 Å². The molecular formula is C49H50S. The van der Waals surface area contributed by atoms with Crippen LogP contribution in [0.1, 0.15) is 105 Å². The number of fused-ring (bicyclic) bond motifs is 5. The number of allylic oxidation sites excluding steroid dienone is 9. The van der Waals surface area contributed by atoms with Crippen LogP contribution in [-0.4, -0.2) is 0 Å². The van der Waals surface area contributed by atoms with E-state index < -0.39 is 0 Å². The molecule has 0 spiro atoms. The van der Waals surface area contributed by atoms with Crippen molar-refractivity contribution in [2.24, 2.45) is 5.92 Å². The molecule has 5 aromatic rings. The van der Waals surface area contributed by atoms with Gasteiger partial charge in [-0.3, -0.25) is 0 Å². The third-order valence-corrected chi connectivity index (χ3v) is 13.1. The number of thiophene rings is 1. The van der Waals surface area contributed by atoms with Crippen molar-refractivity contribution in [1.82, 2.24) is 0 Å². The zero-order valence-corrected chi connectivity index (χ0v) is 30.9. The van der Waals surface area contributed by atoms with Crippen molar-refractivity contribution in [3.05, 3.63) is 160 Å². The zero-order valence-electron chi connectivity index (χ0n) is 30.1. The van der Waals surface area contributed by atoms with E-state index in [1.807, 2.05) is 17.4 Å². The van der Waals surface area contributed by atoms with Crippen LogP contribution in [0.4, 0.5) is 0 Å². The van der Waals surface area contributed by atoms with Gasteiger partial charge in [-0.25, -0.2) is 0 Å². The SMILES string of the molecule is C=C/C=C\C(=C/CC)C(C1=CC2=C(CC1)Cc1cccc(-c3cccc(C4CCCCCC4C)c3C)c12)c1cccc2sc3ccccc3c12. The van der Waals surface area contributed by atoms with Crippen LogP contribution >= 0.6 is 11.3 Å². The molecule has 0 aliphatic heterocycles. The molecule has 50 heavy (non-hydrogen) atoms. The fraction of sp³-hybridized carbons (Fsp3) is 0.306. The highest BCUT2D eigenvalue weighted by Gasteiger charge is 2.32. The summed E-state index contributed by atoms with van der Waals surface area (Å²) in [5.74, 6) is 1.59. The number of rotatable bonds is 8. The maximum absolute atomic E-state index is 4.04. The molecule has 1 fully saturated rings. The highest BCUT2D eigenvalue weighted by Crippen LogP contribution is 2.51. The van der Waals surface area contributed by atoms with Crippen molar-refractivity contribution in [1.29, 1.82) is 0 Å². The fourth-order valence-corrected chi connectivity index (χ4v) is 10.7. The Hall–Kier alpha value is -4.20. The number of hydrogen-bond acceptors (Lipinski definition) is 1. The van der Waals surface area contributed by atoms with Crippen LogP contribution in [0.2, 0.25) is 0 Å². The molecule has 0 bridgehead atoms. The summed E-state index contributed by atoms with van der Waals surface area (Å²) in [6.45, 7) is 11.2. The average Bonchev–Trinajstić information content (AvgIpc) is 3.63. The van der Waals surface area contributed by atoms with Gasteiger partial charge in [0.1, 0.15) is 0 Å². The van der Waals surface area contributed by atoms with E-state index in [0.29, 0.717) is 5.92 Å². The van der Waals surface area contributed by atoms with Gasteiger partial charge in [-0.15, -0.1) is 11.3 Å². The van der Waals surface area contributed by atoms with Gasteiger partial charge in [-0.1, -0.05) is 154 Å². The molecule has 0 radical (unpaired) electrons. The molecule has 0 N–H and O–H groups in total. The van der Waals surface area contributed by atoms with Crippen molar-refractivity contribution in [3.8, 4) is 11.1 Å². The normalized spacial score (nSPS) is 20.2. The first-order valence-corrected chi connectivity index (χ1v) is 19.9. The predicted molar refractivity (Wildman–Crippen MR) is 219 cm³/mol. The summed E-state index contributed by atoms with van der Waals surface area (Å²) in [5, 5.41) is 2.79. The topological polar surface area (TPSA) is 0 Å². The molecule has 1 aromatic heterocycles. The molecule has 3 aliphatic carbocycles. The fourth-order valence-electron chi connectivity index (χ4n) is 9.60. The van der Waals surface area contributed by atoms with Crippen LogP contribution in [0.3, 0.4) is 0 Å². The van der Waals surface area contributed by atoms with Crippen LogP contribution < -0.4 is 0 Å². The van der Waals surface area contributed by atoms with E-state index in [-0.39, 0.29) is 5.92 Å². The van der Waals surface area contributed by atoms with E-state index in [1.54, 1.807) is 11.1 Å². The van der Waals surface area contributed by atoms with E-state index in [2.05, 4.69) is 131 Å². The zero-order chi connectivity index (χ0) is 34.2. The lowest BCUT2D eigenvalue weighted by Gasteiger charge is -2.28. The smallest absolute Gasteiger partial charge is 0.0358 e. The maximum Gasteiger partial charge on any atom is 0.0358 e. The minimum absolute atomic E-state index is 0.180. The van der Waals surface area contributed by atoms with Crippen LogP contribution in [0.15, 0.2) is 133 Å². The summed E-state index contributed by atoms with van der Waals surface area (Å²) >= 11 is 1.92. The molecule has 3 aliphatic rings. The Bertz CT molecular complexity index is 2210. The van der Waals surface area contributed by atoms with Gasteiger partial charge in [0, 0.05) is 26.1 Å². The van der Waals surface area contributed by atoms with Crippen molar-refractivity contribution in [3.63, 3.8) is 0 Å². The Balaban J connectivity index is 1.28. The van der Waals surface area contributed by atoms with Gasteiger partial charge >= 0.3 is 0 Å². The van der Waals surface area contributed by atoms with Gasteiger partial charge in [0.2, 0.25) is 0 Å².